The lowest BCUT2D eigenvalue weighted by Crippen LogP contribution is -2.01. The SMILES string of the molecule is Cc1cc(-c2ccccc2)ccc1-c1ccc(-c2cnc(-n3c4ccccc4c4ccc5ccccc5c43)nc2)cc1. The van der Waals surface area contributed by atoms with E-state index in [1.807, 2.05) is 12.4 Å². The first kappa shape index (κ1) is 24.3. The van der Waals surface area contributed by atoms with Gasteiger partial charge in [-0.1, -0.05) is 127 Å². The van der Waals surface area contributed by atoms with Crippen LogP contribution in [-0.2, 0) is 0 Å². The monoisotopic (exact) mass is 537 g/mol. The summed E-state index contributed by atoms with van der Waals surface area (Å²) in [5.41, 5.74) is 10.5. The predicted octanol–water partition coefficient (Wildman–Crippen LogP) is 10.0. The molecule has 6 aromatic carbocycles. The summed E-state index contributed by atoms with van der Waals surface area (Å²) in [7, 11) is 0. The maximum atomic E-state index is 4.89. The van der Waals surface area contributed by atoms with Gasteiger partial charge in [0.25, 0.3) is 0 Å². The van der Waals surface area contributed by atoms with Crippen molar-refractivity contribution < 1.29 is 0 Å². The van der Waals surface area contributed by atoms with Crippen LogP contribution in [0.4, 0.5) is 0 Å². The van der Waals surface area contributed by atoms with Gasteiger partial charge in [-0.3, -0.25) is 4.57 Å². The highest BCUT2D eigenvalue weighted by atomic mass is 15.1. The van der Waals surface area contributed by atoms with Gasteiger partial charge in [0, 0.05) is 34.1 Å². The van der Waals surface area contributed by atoms with E-state index in [0.717, 1.165) is 22.2 Å². The van der Waals surface area contributed by atoms with Crippen molar-refractivity contribution in [2.75, 3.05) is 0 Å². The van der Waals surface area contributed by atoms with Gasteiger partial charge < -0.3 is 0 Å². The molecule has 8 aromatic rings. The predicted molar refractivity (Wildman–Crippen MR) is 175 cm³/mol. The molecule has 0 unspecified atom stereocenters. The van der Waals surface area contributed by atoms with Crippen LogP contribution in [0.1, 0.15) is 5.56 Å². The zero-order valence-electron chi connectivity index (χ0n) is 23.2. The summed E-state index contributed by atoms with van der Waals surface area (Å²) in [6.45, 7) is 2.18. The average Bonchev–Trinajstić information content (AvgIpc) is 3.40. The lowest BCUT2D eigenvalue weighted by Gasteiger charge is -2.11. The number of rotatable bonds is 4. The van der Waals surface area contributed by atoms with Gasteiger partial charge in [0.05, 0.1) is 11.0 Å². The number of benzene rings is 6. The van der Waals surface area contributed by atoms with E-state index in [1.165, 1.54) is 49.4 Å². The van der Waals surface area contributed by atoms with Gasteiger partial charge >= 0.3 is 0 Å². The van der Waals surface area contributed by atoms with E-state index >= 15 is 0 Å². The van der Waals surface area contributed by atoms with Gasteiger partial charge in [-0.25, -0.2) is 9.97 Å². The third-order valence-corrected chi connectivity index (χ3v) is 8.26. The second-order valence-corrected chi connectivity index (χ2v) is 10.8. The molecule has 0 aliphatic carbocycles. The summed E-state index contributed by atoms with van der Waals surface area (Å²) in [5.74, 6) is 0.673. The fourth-order valence-corrected chi connectivity index (χ4v) is 6.16. The Bertz CT molecular complexity index is 2230. The standard InChI is InChI=1S/C39H27N3/c1-26-23-31(27-9-3-2-4-10-27)20-21-33(26)30-17-15-28(16-18-30)32-24-40-39(41-25-32)42-37-14-8-7-13-35(37)36-22-19-29-11-5-6-12-34(29)38(36)42/h2-25H,1H3. The lowest BCUT2D eigenvalue weighted by atomic mass is 9.95. The van der Waals surface area contributed by atoms with Crippen LogP contribution in [0.2, 0.25) is 0 Å². The molecule has 0 amide bonds. The minimum absolute atomic E-state index is 0.673. The average molecular weight is 538 g/mol. The Morgan fingerprint density at radius 3 is 1.90 bits per heavy atom. The molecule has 0 bridgehead atoms. The molecule has 3 heteroatoms. The molecule has 0 radical (unpaired) electrons. The van der Waals surface area contributed by atoms with Crippen molar-refractivity contribution >= 4 is 32.6 Å². The normalized spacial score (nSPS) is 11.5. The van der Waals surface area contributed by atoms with Crippen LogP contribution >= 0.6 is 0 Å². The van der Waals surface area contributed by atoms with Gasteiger partial charge in [0.15, 0.2) is 0 Å². The molecular weight excluding hydrogens is 510 g/mol. The fraction of sp³-hybridized carbons (Fsp3) is 0.0256. The third-order valence-electron chi connectivity index (χ3n) is 8.26. The molecule has 2 aromatic heterocycles. The van der Waals surface area contributed by atoms with Crippen molar-refractivity contribution in [2.45, 2.75) is 6.92 Å². The highest BCUT2D eigenvalue weighted by molar-refractivity contribution is 6.18. The van der Waals surface area contributed by atoms with E-state index in [9.17, 15) is 0 Å². The van der Waals surface area contributed by atoms with Crippen molar-refractivity contribution in [3.05, 3.63) is 151 Å². The molecule has 3 nitrogen and oxygen atoms in total. The maximum Gasteiger partial charge on any atom is 0.234 e. The molecule has 0 N–H and O–H groups in total. The smallest absolute Gasteiger partial charge is 0.234 e. The van der Waals surface area contributed by atoms with Crippen LogP contribution in [0.3, 0.4) is 0 Å². The summed E-state index contributed by atoms with van der Waals surface area (Å²) in [5, 5.41) is 4.81. The molecule has 8 rings (SSSR count). The van der Waals surface area contributed by atoms with E-state index in [4.69, 9.17) is 9.97 Å². The summed E-state index contributed by atoms with van der Waals surface area (Å²) < 4.78 is 2.20. The number of hydrogen-bond acceptors (Lipinski definition) is 2. The number of nitrogens with zero attached hydrogens (tertiary/aromatic N) is 3. The first-order valence-electron chi connectivity index (χ1n) is 14.2. The Morgan fingerprint density at radius 2 is 1.12 bits per heavy atom. The molecule has 2 heterocycles. The van der Waals surface area contributed by atoms with Gasteiger partial charge in [-0.2, -0.15) is 0 Å². The van der Waals surface area contributed by atoms with Crippen molar-refractivity contribution in [3.63, 3.8) is 0 Å². The molecule has 42 heavy (non-hydrogen) atoms. The van der Waals surface area contributed by atoms with Crippen LogP contribution < -0.4 is 0 Å². The molecule has 0 aliphatic heterocycles. The topological polar surface area (TPSA) is 30.7 Å². The highest BCUT2D eigenvalue weighted by Gasteiger charge is 2.16. The Morgan fingerprint density at radius 1 is 0.476 bits per heavy atom. The van der Waals surface area contributed by atoms with Crippen LogP contribution in [0.5, 0.6) is 0 Å². The van der Waals surface area contributed by atoms with E-state index in [0.29, 0.717) is 5.95 Å². The molecule has 198 valence electrons. The molecule has 0 saturated heterocycles. The number of para-hydroxylation sites is 1. The van der Waals surface area contributed by atoms with E-state index in [-0.39, 0.29) is 0 Å². The van der Waals surface area contributed by atoms with Crippen molar-refractivity contribution in [1.82, 2.24) is 14.5 Å². The maximum absolute atomic E-state index is 4.89. The Balaban J connectivity index is 1.15. The second-order valence-electron chi connectivity index (χ2n) is 10.8. The zero-order valence-corrected chi connectivity index (χ0v) is 23.2. The van der Waals surface area contributed by atoms with Gasteiger partial charge in [0.2, 0.25) is 5.95 Å². The van der Waals surface area contributed by atoms with E-state index in [1.54, 1.807) is 0 Å². The third kappa shape index (κ3) is 3.98. The molecule has 0 fully saturated rings. The quantitative estimate of drug-likeness (QED) is 0.224. The molecule has 0 saturated carbocycles. The van der Waals surface area contributed by atoms with Crippen LogP contribution in [0.15, 0.2) is 146 Å². The molecular formula is C39H27N3. The van der Waals surface area contributed by atoms with Crippen LogP contribution in [0, 0.1) is 6.92 Å². The lowest BCUT2D eigenvalue weighted by molar-refractivity contribution is 0.992. The summed E-state index contributed by atoms with van der Waals surface area (Å²) in [6.07, 6.45) is 3.87. The Labute approximate surface area is 244 Å². The summed E-state index contributed by atoms with van der Waals surface area (Å²) in [4.78, 5) is 9.78. The Kier molecular flexibility index (Phi) is 5.68. The molecule has 0 spiro atoms. The van der Waals surface area contributed by atoms with Crippen LogP contribution in [0.25, 0.3) is 71.9 Å². The van der Waals surface area contributed by atoms with Crippen LogP contribution in [-0.4, -0.2) is 14.5 Å². The number of aromatic nitrogens is 3. The largest absolute Gasteiger partial charge is 0.277 e. The molecule has 0 atom stereocenters. The minimum Gasteiger partial charge on any atom is -0.277 e. The van der Waals surface area contributed by atoms with Crippen molar-refractivity contribution in [3.8, 4) is 39.3 Å². The number of hydrogen-bond donors (Lipinski definition) is 0. The van der Waals surface area contributed by atoms with Crippen molar-refractivity contribution in [2.24, 2.45) is 0 Å². The Hall–Kier alpha value is -5.54. The van der Waals surface area contributed by atoms with E-state index in [2.05, 4.69) is 145 Å². The minimum atomic E-state index is 0.673. The summed E-state index contributed by atoms with van der Waals surface area (Å²) in [6, 6.07) is 47.3. The van der Waals surface area contributed by atoms with E-state index < -0.39 is 0 Å². The van der Waals surface area contributed by atoms with Gasteiger partial charge in [0.1, 0.15) is 0 Å². The fourth-order valence-electron chi connectivity index (χ4n) is 6.16. The van der Waals surface area contributed by atoms with Gasteiger partial charge in [-0.15, -0.1) is 0 Å². The number of fused-ring (bicyclic) bond motifs is 5. The zero-order chi connectivity index (χ0) is 28.0. The number of aryl methyl sites for hydroxylation is 1. The summed E-state index contributed by atoms with van der Waals surface area (Å²) >= 11 is 0. The first-order valence-corrected chi connectivity index (χ1v) is 14.2. The van der Waals surface area contributed by atoms with Crippen molar-refractivity contribution in [1.29, 1.82) is 0 Å². The highest BCUT2D eigenvalue weighted by Crippen LogP contribution is 2.36. The second kappa shape index (κ2) is 9.83. The first-order chi connectivity index (χ1) is 20.7. The molecule has 0 aliphatic rings. The van der Waals surface area contributed by atoms with Gasteiger partial charge in [-0.05, 0) is 51.8 Å².